The molecule has 0 aromatic heterocycles. The maximum atomic E-state index is 12.4. The SMILES string of the molecule is CCC(C)(C)C(=O)N1CCC(C(=O)NCC2CCCO2)CC1. The number of likely N-dealkylation sites (tertiary alicyclic amines) is 1. The standard InChI is InChI=1S/C17H30N2O3/c1-4-17(2,3)16(21)19-9-7-13(8-10-19)15(20)18-12-14-6-5-11-22-14/h13-14H,4-12H2,1-3H3,(H,18,20). The first kappa shape index (κ1) is 17.3. The maximum Gasteiger partial charge on any atom is 0.228 e. The monoisotopic (exact) mass is 310 g/mol. The van der Waals surface area contributed by atoms with Crippen LogP contribution in [0.25, 0.3) is 0 Å². The molecular weight excluding hydrogens is 280 g/mol. The summed E-state index contributed by atoms with van der Waals surface area (Å²) >= 11 is 0. The highest BCUT2D eigenvalue weighted by atomic mass is 16.5. The highest BCUT2D eigenvalue weighted by Crippen LogP contribution is 2.26. The van der Waals surface area contributed by atoms with E-state index in [1.807, 2.05) is 25.7 Å². The Morgan fingerprint density at radius 2 is 1.91 bits per heavy atom. The summed E-state index contributed by atoms with van der Waals surface area (Å²) in [6.07, 6.45) is 4.70. The fourth-order valence-electron chi connectivity index (χ4n) is 3.09. The molecule has 0 aromatic carbocycles. The molecule has 0 radical (unpaired) electrons. The second-order valence-corrected chi connectivity index (χ2v) is 7.18. The zero-order valence-corrected chi connectivity index (χ0v) is 14.2. The predicted molar refractivity (Wildman–Crippen MR) is 85.4 cm³/mol. The van der Waals surface area contributed by atoms with E-state index in [9.17, 15) is 9.59 Å². The molecule has 2 aliphatic heterocycles. The third kappa shape index (κ3) is 4.22. The van der Waals surface area contributed by atoms with Crippen LogP contribution in [0.1, 0.15) is 52.9 Å². The zero-order valence-electron chi connectivity index (χ0n) is 14.2. The van der Waals surface area contributed by atoms with Crippen LogP contribution in [0, 0.1) is 11.3 Å². The van der Waals surface area contributed by atoms with E-state index >= 15 is 0 Å². The lowest BCUT2D eigenvalue weighted by Gasteiger charge is -2.36. The van der Waals surface area contributed by atoms with Gasteiger partial charge in [0.2, 0.25) is 11.8 Å². The summed E-state index contributed by atoms with van der Waals surface area (Å²) in [6.45, 7) is 8.87. The van der Waals surface area contributed by atoms with Gasteiger partial charge in [0.25, 0.3) is 0 Å². The first-order valence-electron chi connectivity index (χ1n) is 8.62. The quantitative estimate of drug-likeness (QED) is 0.844. The molecule has 0 aliphatic carbocycles. The molecule has 2 aliphatic rings. The van der Waals surface area contributed by atoms with E-state index in [0.717, 1.165) is 38.7 Å². The van der Waals surface area contributed by atoms with Gasteiger partial charge in [0, 0.05) is 37.6 Å². The lowest BCUT2D eigenvalue weighted by molar-refractivity contribution is -0.143. The number of rotatable bonds is 5. The molecule has 2 saturated heterocycles. The van der Waals surface area contributed by atoms with Gasteiger partial charge in [0.05, 0.1) is 6.10 Å². The van der Waals surface area contributed by atoms with Crippen molar-refractivity contribution in [2.24, 2.45) is 11.3 Å². The number of hydrogen-bond acceptors (Lipinski definition) is 3. The number of hydrogen-bond donors (Lipinski definition) is 1. The maximum absolute atomic E-state index is 12.4. The highest BCUT2D eigenvalue weighted by Gasteiger charge is 2.34. The molecule has 1 atom stereocenters. The van der Waals surface area contributed by atoms with E-state index in [-0.39, 0.29) is 29.3 Å². The Hall–Kier alpha value is -1.10. The Morgan fingerprint density at radius 3 is 2.45 bits per heavy atom. The van der Waals surface area contributed by atoms with Crippen molar-refractivity contribution < 1.29 is 14.3 Å². The molecule has 2 fully saturated rings. The van der Waals surface area contributed by atoms with Crippen LogP contribution in [-0.2, 0) is 14.3 Å². The minimum Gasteiger partial charge on any atom is -0.376 e. The van der Waals surface area contributed by atoms with Gasteiger partial charge in [0.1, 0.15) is 0 Å². The molecule has 2 amide bonds. The van der Waals surface area contributed by atoms with E-state index in [1.54, 1.807) is 0 Å². The van der Waals surface area contributed by atoms with Gasteiger partial charge in [-0.15, -0.1) is 0 Å². The lowest BCUT2D eigenvalue weighted by Crippen LogP contribution is -2.47. The van der Waals surface area contributed by atoms with Crippen LogP contribution in [0.5, 0.6) is 0 Å². The Labute approximate surface area is 133 Å². The summed E-state index contributed by atoms with van der Waals surface area (Å²) in [7, 11) is 0. The molecule has 22 heavy (non-hydrogen) atoms. The van der Waals surface area contributed by atoms with Gasteiger partial charge >= 0.3 is 0 Å². The molecule has 5 nitrogen and oxygen atoms in total. The van der Waals surface area contributed by atoms with Crippen molar-refractivity contribution in [1.82, 2.24) is 10.2 Å². The van der Waals surface area contributed by atoms with Crippen LogP contribution in [0.4, 0.5) is 0 Å². The average Bonchev–Trinajstić information content (AvgIpc) is 3.05. The summed E-state index contributed by atoms with van der Waals surface area (Å²) in [6, 6.07) is 0. The van der Waals surface area contributed by atoms with Gasteiger partial charge in [0.15, 0.2) is 0 Å². The summed E-state index contributed by atoms with van der Waals surface area (Å²) in [5, 5.41) is 3.01. The Kier molecular flexibility index (Phi) is 5.84. The minimum atomic E-state index is -0.297. The number of ether oxygens (including phenoxy) is 1. The first-order chi connectivity index (χ1) is 10.4. The molecule has 1 unspecified atom stereocenters. The largest absolute Gasteiger partial charge is 0.376 e. The topological polar surface area (TPSA) is 58.6 Å². The van der Waals surface area contributed by atoms with Crippen molar-refractivity contribution in [3.8, 4) is 0 Å². The summed E-state index contributed by atoms with van der Waals surface area (Å²) in [4.78, 5) is 26.6. The van der Waals surface area contributed by atoms with E-state index in [1.165, 1.54) is 0 Å². The lowest BCUT2D eigenvalue weighted by atomic mass is 9.86. The van der Waals surface area contributed by atoms with Gasteiger partial charge in [-0.1, -0.05) is 20.8 Å². The molecule has 0 spiro atoms. The van der Waals surface area contributed by atoms with Gasteiger partial charge in [-0.25, -0.2) is 0 Å². The molecular formula is C17H30N2O3. The van der Waals surface area contributed by atoms with Crippen LogP contribution in [-0.4, -0.2) is 49.1 Å². The van der Waals surface area contributed by atoms with Crippen LogP contribution in [0.3, 0.4) is 0 Å². The van der Waals surface area contributed by atoms with Crippen molar-refractivity contribution >= 4 is 11.8 Å². The van der Waals surface area contributed by atoms with Crippen LogP contribution < -0.4 is 5.32 Å². The number of nitrogens with one attached hydrogen (secondary N) is 1. The van der Waals surface area contributed by atoms with Gasteiger partial charge < -0.3 is 15.0 Å². The van der Waals surface area contributed by atoms with E-state index in [0.29, 0.717) is 19.6 Å². The minimum absolute atomic E-state index is 0.0372. The third-order valence-corrected chi connectivity index (χ3v) is 5.14. The van der Waals surface area contributed by atoms with Crippen molar-refractivity contribution in [3.05, 3.63) is 0 Å². The third-order valence-electron chi connectivity index (χ3n) is 5.14. The first-order valence-corrected chi connectivity index (χ1v) is 8.62. The molecule has 2 rings (SSSR count). The summed E-state index contributed by atoms with van der Waals surface area (Å²) in [5.74, 6) is 0.376. The summed E-state index contributed by atoms with van der Waals surface area (Å²) in [5.41, 5.74) is -0.297. The van der Waals surface area contributed by atoms with E-state index in [2.05, 4.69) is 5.32 Å². The van der Waals surface area contributed by atoms with Gasteiger partial charge in [-0.05, 0) is 32.1 Å². The smallest absolute Gasteiger partial charge is 0.228 e. The Morgan fingerprint density at radius 1 is 1.23 bits per heavy atom. The molecule has 0 bridgehead atoms. The number of carbonyl (C=O) groups is 2. The number of nitrogens with zero attached hydrogens (tertiary/aromatic N) is 1. The normalized spacial score (nSPS) is 23.6. The van der Waals surface area contributed by atoms with E-state index < -0.39 is 0 Å². The van der Waals surface area contributed by atoms with Gasteiger partial charge in [-0.2, -0.15) is 0 Å². The summed E-state index contributed by atoms with van der Waals surface area (Å²) < 4.78 is 5.52. The van der Waals surface area contributed by atoms with Crippen molar-refractivity contribution in [3.63, 3.8) is 0 Å². The molecule has 5 heteroatoms. The second-order valence-electron chi connectivity index (χ2n) is 7.18. The molecule has 2 heterocycles. The molecule has 0 aromatic rings. The van der Waals surface area contributed by atoms with Crippen LogP contribution >= 0.6 is 0 Å². The molecule has 1 N–H and O–H groups in total. The van der Waals surface area contributed by atoms with Crippen molar-refractivity contribution in [1.29, 1.82) is 0 Å². The van der Waals surface area contributed by atoms with Crippen LogP contribution in [0.2, 0.25) is 0 Å². The zero-order chi connectivity index (χ0) is 16.2. The molecule has 126 valence electrons. The fraction of sp³-hybridized carbons (Fsp3) is 0.882. The van der Waals surface area contributed by atoms with Gasteiger partial charge in [-0.3, -0.25) is 9.59 Å². The van der Waals surface area contributed by atoms with Crippen molar-refractivity contribution in [2.75, 3.05) is 26.2 Å². The fourth-order valence-corrected chi connectivity index (χ4v) is 3.09. The second kappa shape index (κ2) is 7.44. The Balaban J connectivity index is 1.74. The number of carbonyl (C=O) groups excluding carboxylic acids is 2. The molecule has 0 saturated carbocycles. The number of piperidine rings is 1. The van der Waals surface area contributed by atoms with E-state index in [4.69, 9.17) is 4.74 Å². The predicted octanol–water partition coefficient (Wildman–Crippen LogP) is 1.96. The highest BCUT2D eigenvalue weighted by molar-refractivity contribution is 5.83. The average molecular weight is 310 g/mol. The Bertz CT molecular complexity index is 395. The van der Waals surface area contributed by atoms with Crippen LogP contribution in [0.15, 0.2) is 0 Å². The number of amides is 2. The van der Waals surface area contributed by atoms with Crippen molar-refractivity contribution in [2.45, 2.75) is 59.0 Å².